The Kier molecular flexibility index (Phi) is 5.34. The minimum absolute atomic E-state index is 0.229. The van der Waals surface area contributed by atoms with Crippen LogP contribution in [-0.2, 0) is 11.4 Å². The predicted molar refractivity (Wildman–Crippen MR) is 85.8 cm³/mol. The Morgan fingerprint density at radius 2 is 2.09 bits per heavy atom. The van der Waals surface area contributed by atoms with Crippen molar-refractivity contribution >= 4 is 17.7 Å². The zero-order valence-corrected chi connectivity index (χ0v) is 14.5. The van der Waals surface area contributed by atoms with Crippen molar-refractivity contribution in [3.63, 3.8) is 0 Å². The van der Waals surface area contributed by atoms with E-state index in [1.165, 1.54) is 0 Å². The third kappa shape index (κ3) is 4.88. The van der Waals surface area contributed by atoms with Crippen LogP contribution in [0.25, 0.3) is 0 Å². The Balaban J connectivity index is 1.80. The fraction of sp³-hybridized carbons (Fsp3) is 0.733. The molecule has 1 saturated heterocycles. The molecule has 22 heavy (non-hydrogen) atoms. The molecule has 1 aromatic rings. The van der Waals surface area contributed by atoms with Crippen LogP contribution >= 0.6 is 11.6 Å². The van der Waals surface area contributed by atoms with E-state index in [1.54, 1.807) is 11.1 Å². The molecule has 0 aliphatic carbocycles. The zero-order chi connectivity index (χ0) is 16.3. The van der Waals surface area contributed by atoms with Crippen LogP contribution < -0.4 is 0 Å². The molecule has 0 spiro atoms. The highest BCUT2D eigenvalue weighted by Crippen LogP contribution is 2.19. The molecule has 0 radical (unpaired) electrons. The van der Waals surface area contributed by atoms with Gasteiger partial charge in [0.1, 0.15) is 5.60 Å². The highest BCUT2D eigenvalue weighted by atomic mass is 35.5. The molecular weight excluding hydrogens is 304 g/mol. The van der Waals surface area contributed by atoms with E-state index in [0.717, 1.165) is 32.6 Å². The van der Waals surface area contributed by atoms with E-state index in [9.17, 15) is 4.79 Å². The fourth-order valence-electron chi connectivity index (χ4n) is 2.55. The third-order valence-electron chi connectivity index (χ3n) is 3.73. The van der Waals surface area contributed by atoms with Gasteiger partial charge in [0.25, 0.3) is 0 Å². The molecule has 1 fully saturated rings. The Hall–Kier alpha value is -1.27. The number of ether oxygens (including phenoxy) is 1. The standard InChI is InChI=1S/C15H25ClN4O2/c1-15(2,3)22-14(21)18(4)13-5-7-19(8-6-13)11-20-10-12(16)9-17-20/h9-10,13H,5-8,11H2,1-4H3. The molecule has 0 N–H and O–H groups in total. The predicted octanol–water partition coefficient (Wildman–Crippen LogP) is 2.83. The van der Waals surface area contributed by atoms with E-state index in [-0.39, 0.29) is 12.1 Å². The normalized spacial score (nSPS) is 17.5. The van der Waals surface area contributed by atoms with Crippen LogP contribution in [0.3, 0.4) is 0 Å². The summed E-state index contributed by atoms with van der Waals surface area (Å²) in [6.45, 7) is 8.24. The van der Waals surface area contributed by atoms with Crippen LogP contribution in [0.1, 0.15) is 33.6 Å². The number of nitrogens with zero attached hydrogens (tertiary/aromatic N) is 4. The van der Waals surface area contributed by atoms with E-state index in [0.29, 0.717) is 5.02 Å². The molecule has 1 aliphatic rings. The van der Waals surface area contributed by atoms with Crippen molar-refractivity contribution in [3.8, 4) is 0 Å². The molecule has 2 rings (SSSR count). The summed E-state index contributed by atoms with van der Waals surface area (Å²) < 4.78 is 7.26. The van der Waals surface area contributed by atoms with E-state index in [4.69, 9.17) is 16.3 Å². The number of amides is 1. The summed E-state index contributed by atoms with van der Waals surface area (Å²) in [6, 6.07) is 0.229. The van der Waals surface area contributed by atoms with Gasteiger partial charge in [-0.05, 0) is 33.6 Å². The topological polar surface area (TPSA) is 50.6 Å². The average Bonchev–Trinajstić information content (AvgIpc) is 2.82. The molecular formula is C15H25ClN4O2. The molecule has 7 heteroatoms. The van der Waals surface area contributed by atoms with Gasteiger partial charge in [0.05, 0.1) is 17.9 Å². The quantitative estimate of drug-likeness (QED) is 0.856. The van der Waals surface area contributed by atoms with E-state index in [2.05, 4.69) is 10.00 Å². The van der Waals surface area contributed by atoms with Gasteiger partial charge in [-0.25, -0.2) is 4.79 Å². The zero-order valence-electron chi connectivity index (χ0n) is 13.8. The highest BCUT2D eigenvalue weighted by Gasteiger charge is 2.28. The van der Waals surface area contributed by atoms with E-state index >= 15 is 0 Å². The lowest BCUT2D eigenvalue weighted by Crippen LogP contribution is -2.47. The summed E-state index contributed by atoms with van der Waals surface area (Å²) in [4.78, 5) is 16.1. The Labute approximate surface area is 137 Å². The van der Waals surface area contributed by atoms with Gasteiger partial charge in [0, 0.05) is 32.4 Å². The molecule has 1 aromatic heterocycles. The second-order valence-corrected chi connectivity index (χ2v) is 7.22. The van der Waals surface area contributed by atoms with Crippen molar-refractivity contribution in [3.05, 3.63) is 17.4 Å². The van der Waals surface area contributed by atoms with E-state index < -0.39 is 5.60 Å². The molecule has 6 nitrogen and oxygen atoms in total. The number of likely N-dealkylation sites (tertiary alicyclic amines) is 1. The van der Waals surface area contributed by atoms with Gasteiger partial charge in [-0.2, -0.15) is 5.10 Å². The van der Waals surface area contributed by atoms with Crippen molar-refractivity contribution in [2.24, 2.45) is 0 Å². The maximum Gasteiger partial charge on any atom is 0.410 e. The summed E-state index contributed by atoms with van der Waals surface area (Å²) in [7, 11) is 1.82. The van der Waals surface area contributed by atoms with Gasteiger partial charge in [0.15, 0.2) is 0 Å². The number of carbonyl (C=O) groups is 1. The first-order valence-electron chi connectivity index (χ1n) is 7.61. The Morgan fingerprint density at radius 1 is 1.45 bits per heavy atom. The number of hydrogen-bond donors (Lipinski definition) is 0. The van der Waals surface area contributed by atoms with Gasteiger partial charge in [0.2, 0.25) is 0 Å². The SMILES string of the molecule is CN(C(=O)OC(C)(C)C)C1CCN(Cn2cc(Cl)cn2)CC1. The van der Waals surface area contributed by atoms with Gasteiger partial charge < -0.3 is 9.64 Å². The largest absolute Gasteiger partial charge is 0.444 e. The van der Waals surface area contributed by atoms with Gasteiger partial charge in [-0.15, -0.1) is 0 Å². The lowest BCUT2D eigenvalue weighted by molar-refractivity contribution is 0.0135. The minimum Gasteiger partial charge on any atom is -0.444 e. The van der Waals surface area contributed by atoms with Crippen LogP contribution in [0.4, 0.5) is 4.79 Å². The number of aromatic nitrogens is 2. The number of halogens is 1. The van der Waals surface area contributed by atoms with Crippen LogP contribution in [0.5, 0.6) is 0 Å². The summed E-state index contributed by atoms with van der Waals surface area (Å²) in [5.74, 6) is 0. The molecule has 0 aromatic carbocycles. The number of carbonyl (C=O) groups excluding carboxylic acids is 1. The Bertz CT molecular complexity index is 504. The summed E-state index contributed by atoms with van der Waals surface area (Å²) in [5.41, 5.74) is -0.453. The monoisotopic (exact) mass is 328 g/mol. The average molecular weight is 329 g/mol. The summed E-state index contributed by atoms with van der Waals surface area (Å²) >= 11 is 5.87. The third-order valence-corrected chi connectivity index (χ3v) is 3.93. The van der Waals surface area contributed by atoms with Gasteiger partial charge in [-0.3, -0.25) is 9.58 Å². The van der Waals surface area contributed by atoms with Crippen molar-refractivity contribution in [1.82, 2.24) is 19.6 Å². The van der Waals surface area contributed by atoms with Crippen LogP contribution in [0.15, 0.2) is 12.4 Å². The number of hydrogen-bond acceptors (Lipinski definition) is 4. The molecule has 124 valence electrons. The highest BCUT2D eigenvalue weighted by molar-refractivity contribution is 6.30. The molecule has 1 aliphatic heterocycles. The molecule has 0 atom stereocenters. The van der Waals surface area contributed by atoms with Crippen molar-refractivity contribution < 1.29 is 9.53 Å². The molecule has 2 heterocycles. The number of rotatable bonds is 3. The molecule has 0 bridgehead atoms. The first-order valence-corrected chi connectivity index (χ1v) is 7.98. The molecule has 1 amide bonds. The van der Waals surface area contributed by atoms with Gasteiger partial charge >= 0.3 is 6.09 Å². The fourth-order valence-corrected chi connectivity index (χ4v) is 2.71. The van der Waals surface area contributed by atoms with Crippen LogP contribution in [-0.4, -0.2) is 57.5 Å². The lowest BCUT2D eigenvalue weighted by Gasteiger charge is -2.37. The minimum atomic E-state index is -0.453. The Morgan fingerprint density at radius 3 is 2.59 bits per heavy atom. The van der Waals surface area contributed by atoms with Crippen molar-refractivity contribution in [2.75, 3.05) is 20.1 Å². The second kappa shape index (κ2) is 6.87. The summed E-state index contributed by atoms with van der Waals surface area (Å²) in [6.07, 6.45) is 5.09. The molecule has 0 saturated carbocycles. The number of piperidine rings is 1. The van der Waals surface area contributed by atoms with Gasteiger partial charge in [-0.1, -0.05) is 11.6 Å². The molecule has 0 unspecified atom stereocenters. The first-order chi connectivity index (χ1) is 10.2. The second-order valence-electron chi connectivity index (χ2n) is 6.78. The van der Waals surface area contributed by atoms with Crippen LogP contribution in [0, 0.1) is 0 Å². The van der Waals surface area contributed by atoms with Crippen molar-refractivity contribution in [1.29, 1.82) is 0 Å². The lowest BCUT2D eigenvalue weighted by atomic mass is 10.0. The maximum absolute atomic E-state index is 12.1. The van der Waals surface area contributed by atoms with E-state index in [1.807, 2.05) is 38.7 Å². The smallest absolute Gasteiger partial charge is 0.410 e. The first kappa shape index (κ1) is 17.1. The summed E-state index contributed by atoms with van der Waals surface area (Å²) in [5, 5.41) is 4.84. The van der Waals surface area contributed by atoms with Crippen molar-refractivity contribution in [2.45, 2.75) is 51.9 Å². The maximum atomic E-state index is 12.1. The van der Waals surface area contributed by atoms with Crippen LogP contribution in [0.2, 0.25) is 5.02 Å².